The lowest BCUT2D eigenvalue weighted by Crippen LogP contribution is -2.93. The molecule has 0 fully saturated rings. The quantitative estimate of drug-likeness (QED) is 0.374. The monoisotopic (exact) mass is 381 g/mol. The molecule has 0 saturated heterocycles. The van der Waals surface area contributed by atoms with Gasteiger partial charge in [0, 0.05) is 12.2 Å². The van der Waals surface area contributed by atoms with Crippen molar-refractivity contribution >= 4 is 29.0 Å². The van der Waals surface area contributed by atoms with Gasteiger partial charge in [-0.15, -0.1) is 0 Å². The zero-order chi connectivity index (χ0) is 19.5. The summed E-state index contributed by atoms with van der Waals surface area (Å²) in [6.45, 7) is 0.728. The molecule has 0 bridgehead atoms. The van der Waals surface area contributed by atoms with Gasteiger partial charge in [-0.3, -0.25) is 10.7 Å². The van der Waals surface area contributed by atoms with Crippen molar-refractivity contribution in [2.75, 3.05) is 25.3 Å². The van der Waals surface area contributed by atoms with Crippen LogP contribution < -0.4 is 25.8 Å². The third-order valence-corrected chi connectivity index (χ3v) is 4.35. The van der Waals surface area contributed by atoms with Crippen molar-refractivity contribution in [3.63, 3.8) is 0 Å². The maximum atomic E-state index is 9.01. The highest BCUT2D eigenvalue weighted by Crippen LogP contribution is 2.33. The standard InChI is InChI=1S/C19H20N6O3/c20-19(21)25-18-13-3-2-12(22-5-6-26)9-14(13)23-17(24-18)8-11-1-4-15-16(7-11)28-10-27-15/h1-4,7,9,22,26H,5-6,8,10H2,(H4,20,21,23,24,25)/p+1. The Hall–Kier alpha value is -3.43. The minimum atomic E-state index is -0.260. The largest absolute Gasteiger partial charge is 0.454 e. The number of aliphatic imine (C=N–C) groups is 2. The molecule has 4 rings (SSSR count). The van der Waals surface area contributed by atoms with Crippen molar-refractivity contribution in [2.24, 2.45) is 15.7 Å². The molecule has 0 radical (unpaired) electrons. The van der Waals surface area contributed by atoms with E-state index >= 15 is 0 Å². The van der Waals surface area contributed by atoms with E-state index in [0.29, 0.717) is 18.8 Å². The van der Waals surface area contributed by atoms with Crippen molar-refractivity contribution in [1.82, 2.24) is 0 Å². The second kappa shape index (κ2) is 7.67. The summed E-state index contributed by atoms with van der Waals surface area (Å²) in [5.74, 6) is 2.60. The molecule has 0 spiro atoms. The normalized spacial score (nSPS) is 15.9. The highest BCUT2D eigenvalue weighted by Gasteiger charge is 2.24. The number of guanidine groups is 1. The first-order valence-corrected chi connectivity index (χ1v) is 8.85. The predicted molar refractivity (Wildman–Crippen MR) is 106 cm³/mol. The van der Waals surface area contributed by atoms with E-state index < -0.39 is 0 Å². The number of rotatable bonds is 5. The molecule has 0 saturated carbocycles. The molecule has 0 unspecified atom stereocenters. The Balaban J connectivity index is 1.66. The van der Waals surface area contributed by atoms with Gasteiger partial charge in [0.15, 0.2) is 11.5 Å². The van der Waals surface area contributed by atoms with Gasteiger partial charge in [0.25, 0.3) is 0 Å². The number of hydrogen-bond acceptors (Lipinski definition) is 6. The van der Waals surface area contributed by atoms with Crippen LogP contribution >= 0.6 is 0 Å². The SMILES string of the molecule is N=C(N)/N=C1\[NH2+]C(Cc2ccc3c(c2)OCO3)=Nc2cc(NCCO)ccc21. The molecule has 2 aliphatic rings. The first-order valence-electron chi connectivity index (χ1n) is 8.85. The topological polar surface area (TPSA) is 142 Å². The van der Waals surface area contributed by atoms with Crippen LogP contribution in [0.4, 0.5) is 11.4 Å². The molecule has 0 atom stereocenters. The van der Waals surface area contributed by atoms with Crippen LogP contribution in [-0.4, -0.2) is 42.7 Å². The van der Waals surface area contributed by atoms with E-state index in [1.54, 1.807) is 0 Å². The van der Waals surface area contributed by atoms with Crippen LogP contribution in [0.5, 0.6) is 11.5 Å². The molecule has 7 N–H and O–H groups in total. The first kappa shape index (κ1) is 18.0. The maximum absolute atomic E-state index is 9.01. The zero-order valence-corrected chi connectivity index (χ0v) is 15.1. The minimum absolute atomic E-state index is 0.0422. The molecule has 2 aromatic rings. The Bertz CT molecular complexity index is 986. The lowest BCUT2D eigenvalue weighted by atomic mass is 10.1. The van der Waals surface area contributed by atoms with Crippen LogP contribution in [0, 0.1) is 5.41 Å². The summed E-state index contributed by atoms with van der Waals surface area (Å²) in [7, 11) is 0. The van der Waals surface area contributed by atoms with Gasteiger partial charge in [-0.25, -0.2) is 0 Å². The maximum Gasteiger partial charge on any atom is 0.243 e. The molecule has 0 amide bonds. The number of fused-ring (bicyclic) bond motifs is 2. The fraction of sp³-hybridized carbons (Fsp3) is 0.211. The van der Waals surface area contributed by atoms with Gasteiger partial charge in [0.2, 0.25) is 24.4 Å². The van der Waals surface area contributed by atoms with Crippen LogP contribution in [0.3, 0.4) is 0 Å². The van der Waals surface area contributed by atoms with Crippen LogP contribution in [0.2, 0.25) is 0 Å². The molecular formula is C19H21N6O3+. The first-order chi connectivity index (χ1) is 13.6. The lowest BCUT2D eigenvalue weighted by molar-refractivity contribution is -0.410. The number of quaternary nitrogens is 1. The van der Waals surface area contributed by atoms with E-state index in [9.17, 15) is 0 Å². The number of nitrogens with zero attached hydrogens (tertiary/aromatic N) is 2. The molecule has 0 aromatic heterocycles. The number of anilines is 1. The zero-order valence-electron chi connectivity index (χ0n) is 15.1. The second-order valence-electron chi connectivity index (χ2n) is 6.38. The Kier molecular flexibility index (Phi) is 4.92. The smallest absolute Gasteiger partial charge is 0.243 e. The molecule has 28 heavy (non-hydrogen) atoms. The summed E-state index contributed by atoms with van der Waals surface area (Å²) >= 11 is 0. The summed E-state index contributed by atoms with van der Waals surface area (Å²) in [6.07, 6.45) is 0.571. The number of nitrogens with two attached hydrogens (primary N) is 2. The minimum Gasteiger partial charge on any atom is -0.454 e. The Morgan fingerprint density at radius 1 is 1.25 bits per heavy atom. The molecule has 144 valence electrons. The van der Waals surface area contributed by atoms with E-state index in [2.05, 4.69) is 10.3 Å². The van der Waals surface area contributed by atoms with E-state index in [-0.39, 0.29) is 19.4 Å². The van der Waals surface area contributed by atoms with Gasteiger partial charge < -0.3 is 25.6 Å². The highest BCUT2D eigenvalue weighted by atomic mass is 16.7. The average Bonchev–Trinajstić information content (AvgIpc) is 3.13. The number of ether oxygens (including phenoxy) is 2. The summed E-state index contributed by atoms with van der Waals surface area (Å²) in [5, 5.41) is 21.5. The number of benzene rings is 2. The van der Waals surface area contributed by atoms with Crippen LogP contribution in [0.15, 0.2) is 46.4 Å². The van der Waals surface area contributed by atoms with Gasteiger partial charge in [-0.05, 0) is 35.9 Å². The van der Waals surface area contributed by atoms with Crippen LogP contribution in [-0.2, 0) is 6.42 Å². The number of aliphatic hydroxyl groups is 1. The second-order valence-corrected chi connectivity index (χ2v) is 6.38. The van der Waals surface area contributed by atoms with Gasteiger partial charge in [0.05, 0.1) is 24.3 Å². The summed E-state index contributed by atoms with van der Waals surface area (Å²) in [4.78, 5) is 8.91. The molecule has 2 aromatic carbocycles. The average molecular weight is 381 g/mol. The third kappa shape index (κ3) is 3.80. The predicted octanol–water partition coefficient (Wildman–Crippen LogP) is 0.309. The van der Waals surface area contributed by atoms with Crippen molar-refractivity contribution < 1.29 is 19.9 Å². The third-order valence-electron chi connectivity index (χ3n) is 4.35. The fourth-order valence-corrected chi connectivity index (χ4v) is 3.15. The number of nitrogens with one attached hydrogen (secondary N) is 2. The lowest BCUT2D eigenvalue weighted by Gasteiger charge is -2.16. The van der Waals surface area contributed by atoms with Gasteiger partial charge >= 0.3 is 0 Å². The van der Waals surface area contributed by atoms with E-state index in [0.717, 1.165) is 39.8 Å². The van der Waals surface area contributed by atoms with E-state index in [4.69, 9.17) is 30.7 Å². The molecule has 2 heterocycles. The Morgan fingerprint density at radius 3 is 2.93 bits per heavy atom. The van der Waals surface area contributed by atoms with Crippen molar-refractivity contribution in [1.29, 1.82) is 5.41 Å². The Labute approximate surface area is 161 Å². The fourth-order valence-electron chi connectivity index (χ4n) is 3.15. The summed E-state index contributed by atoms with van der Waals surface area (Å²) < 4.78 is 10.8. The van der Waals surface area contributed by atoms with Crippen molar-refractivity contribution in [3.8, 4) is 11.5 Å². The van der Waals surface area contributed by atoms with Crippen LogP contribution in [0.25, 0.3) is 0 Å². The van der Waals surface area contributed by atoms with Crippen LogP contribution in [0.1, 0.15) is 11.1 Å². The molecular weight excluding hydrogens is 360 g/mol. The number of hydrogen-bond donors (Lipinski definition) is 5. The molecule has 9 nitrogen and oxygen atoms in total. The number of amidine groups is 2. The molecule has 2 aliphatic heterocycles. The van der Waals surface area contributed by atoms with E-state index in [1.807, 2.05) is 41.7 Å². The molecule has 0 aliphatic carbocycles. The van der Waals surface area contributed by atoms with Gasteiger partial charge in [-0.1, -0.05) is 6.07 Å². The Morgan fingerprint density at radius 2 is 2.11 bits per heavy atom. The summed E-state index contributed by atoms with van der Waals surface area (Å²) in [5.41, 5.74) is 8.92. The van der Waals surface area contributed by atoms with Crippen molar-refractivity contribution in [2.45, 2.75) is 6.42 Å². The molecule has 9 heteroatoms. The van der Waals surface area contributed by atoms with Crippen molar-refractivity contribution in [3.05, 3.63) is 47.5 Å². The summed E-state index contributed by atoms with van der Waals surface area (Å²) in [6, 6.07) is 11.5. The van der Waals surface area contributed by atoms with E-state index in [1.165, 1.54) is 0 Å². The highest BCUT2D eigenvalue weighted by molar-refractivity contribution is 6.08. The van der Waals surface area contributed by atoms with Gasteiger partial charge in [0.1, 0.15) is 0 Å². The number of aliphatic hydroxyl groups excluding tert-OH is 1. The van der Waals surface area contributed by atoms with Gasteiger partial charge in [-0.2, -0.15) is 9.98 Å².